The lowest BCUT2D eigenvalue weighted by Gasteiger charge is -2.13. The van der Waals surface area contributed by atoms with Gasteiger partial charge in [0.15, 0.2) is 0 Å². The van der Waals surface area contributed by atoms with E-state index >= 15 is 0 Å². The zero-order valence-electron chi connectivity index (χ0n) is 10.9. The van der Waals surface area contributed by atoms with Gasteiger partial charge in [0, 0.05) is 17.3 Å². The molecule has 0 saturated heterocycles. The van der Waals surface area contributed by atoms with Crippen LogP contribution in [-0.4, -0.2) is 11.5 Å². The van der Waals surface area contributed by atoms with E-state index in [1.807, 2.05) is 30.3 Å². The zero-order chi connectivity index (χ0) is 14.8. The molecule has 0 aliphatic carbocycles. The number of nitro benzene ring substituents is 1. The lowest BCUT2D eigenvalue weighted by Crippen LogP contribution is -2.12. The van der Waals surface area contributed by atoms with Crippen LogP contribution in [0.5, 0.6) is 5.75 Å². The van der Waals surface area contributed by atoms with Gasteiger partial charge in [-0.05, 0) is 18.2 Å². The van der Waals surface area contributed by atoms with Gasteiger partial charge in [0.1, 0.15) is 24.0 Å². The maximum Gasteiger partial charge on any atom is 0.287 e. The van der Waals surface area contributed by atoms with Crippen LogP contribution in [0.15, 0.2) is 42.5 Å². The number of hydrogen-bond donors (Lipinski definition) is 1. The fraction of sp³-hybridized carbons (Fsp3) is 0.133. The summed E-state index contributed by atoms with van der Waals surface area (Å²) >= 11 is 0. The molecule has 0 spiro atoms. The van der Waals surface area contributed by atoms with E-state index in [1.54, 1.807) is 6.07 Å². The summed E-state index contributed by atoms with van der Waals surface area (Å²) < 4.78 is 5.57. The third kappa shape index (κ3) is 2.37. The van der Waals surface area contributed by atoms with Crippen molar-refractivity contribution in [3.05, 3.63) is 63.7 Å². The Balaban J connectivity index is 1.87. The molecule has 2 aromatic rings. The first-order valence-electron chi connectivity index (χ1n) is 6.36. The SMILES string of the molecule is N#Cc1cc(NC2COc3ccccc32)ccc1[N+](=O)[O-]. The first kappa shape index (κ1) is 12.9. The second-order valence-electron chi connectivity index (χ2n) is 4.65. The Labute approximate surface area is 120 Å². The number of ether oxygens (including phenoxy) is 1. The van der Waals surface area contributed by atoms with Gasteiger partial charge in [-0.2, -0.15) is 5.26 Å². The van der Waals surface area contributed by atoms with Gasteiger partial charge >= 0.3 is 0 Å². The maximum absolute atomic E-state index is 10.8. The van der Waals surface area contributed by atoms with Crippen LogP contribution < -0.4 is 10.1 Å². The number of hydrogen-bond acceptors (Lipinski definition) is 5. The number of nitrogens with zero attached hydrogens (tertiary/aromatic N) is 2. The third-order valence-corrected chi connectivity index (χ3v) is 3.35. The van der Waals surface area contributed by atoms with Crippen LogP contribution in [0.25, 0.3) is 0 Å². The summed E-state index contributed by atoms with van der Waals surface area (Å²) in [5.41, 5.74) is 1.54. The standard InChI is InChI=1S/C15H11N3O3/c16-8-10-7-11(5-6-14(10)18(19)20)17-13-9-21-15-4-2-1-3-12(13)15/h1-7,13,17H,9H2. The van der Waals surface area contributed by atoms with Crippen molar-refractivity contribution in [3.8, 4) is 11.8 Å². The van der Waals surface area contributed by atoms with Gasteiger partial charge in [-0.1, -0.05) is 18.2 Å². The molecule has 104 valence electrons. The largest absolute Gasteiger partial charge is 0.491 e. The average Bonchev–Trinajstić information content (AvgIpc) is 2.90. The topological polar surface area (TPSA) is 88.2 Å². The van der Waals surface area contributed by atoms with Crippen LogP contribution in [0.3, 0.4) is 0 Å². The molecule has 0 amide bonds. The molecule has 6 nitrogen and oxygen atoms in total. The molecule has 2 aromatic carbocycles. The van der Waals surface area contributed by atoms with Gasteiger partial charge in [0.25, 0.3) is 5.69 Å². The number of nitrogens with one attached hydrogen (secondary N) is 1. The summed E-state index contributed by atoms with van der Waals surface area (Å²) in [5, 5.41) is 23.1. The molecule has 0 saturated carbocycles. The number of fused-ring (bicyclic) bond motifs is 1. The number of nitro groups is 1. The van der Waals surface area contributed by atoms with Crippen molar-refractivity contribution < 1.29 is 9.66 Å². The number of anilines is 1. The van der Waals surface area contributed by atoms with Crippen molar-refractivity contribution in [3.63, 3.8) is 0 Å². The van der Waals surface area contributed by atoms with E-state index in [1.165, 1.54) is 12.1 Å². The lowest BCUT2D eigenvalue weighted by atomic mass is 10.1. The van der Waals surface area contributed by atoms with E-state index in [4.69, 9.17) is 10.00 Å². The third-order valence-electron chi connectivity index (χ3n) is 3.35. The first-order chi connectivity index (χ1) is 10.2. The molecule has 1 aliphatic heterocycles. The Morgan fingerprint density at radius 1 is 1.33 bits per heavy atom. The van der Waals surface area contributed by atoms with Crippen molar-refractivity contribution in [2.45, 2.75) is 6.04 Å². The lowest BCUT2D eigenvalue weighted by molar-refractivity contribution is -0.385. The highest BCUT2D eigenvalue weighted by Gasteiger charge is 2.24. The number of nitriles is 1. The molecule has 3 rings (SSSR count). The predicted octanol–water partition coefficient (Wildman–Crippen LogP) is 3.01. The molecular weight excluding hydrogens is 270 g/mol. The van der Waals surface area contributed by atoms with Gasteiger partial charge in [0.2, 0.25) is 0 Å². The summed E-state index contributed by atoms with van der Waals surface area (Å²) in [6.45, 7) is 0.484. The van der Waals surface area contributed by atoms with Crippen molar-refractivity contribution in [2.75, 3.05) is 11.9 Å². The van der Waals surface area contributed by atoms with Crippen LogP contribution in [0, 0.1) is 21.4 Å². The maximum atomic E-state index is 10.8. The average molecular weight is 281 g/mol. The van der Waals surface area contributed by atoms with Gasteiger partial charge in [-0.25, -0.2) is 0 Å². The minimum Gasteiger partial charge on any atom is -0.491 e. The zero-order valence-corrected chi connectivity index (χ0v) is 10.9. The summed E-state index contributed by atoms with van der Waals surface area (Å²) in [5.74, 6) is 0.831. The molecule has 0 radical (unpaired) electrons. The molecule has 0 bridgehead atoms. The van der Waals surface area contributed by atoms with Crippen LogP contribution in [0.2, 0.25) is 0 Å². The second kappa shape index (κ2) is 5.13. The second-order valence-corrected chi connectivity index (χ2v) is 4.65. The highest BCUT2D eigenvalue weighted by molar-refractivity contribution is 5.60. The van der Waals surface area contributed by atoms with Crippen LogP contribution >= 0.6 is 0 Å². The van der Waals surface area contributed by atoms with Gasteiger partial charge < -0.3 is 10.1 Å². The Morgan fingerprint density at radius 2 is 2.14 bits per heavy atom. The highest BCUT2D eigenvalue weighted by atomic mass is 16.6. The monoisotopic (exact) mass is 281 g/mol. The van der Waals surface area contributed by atoms with Crippen molar-refractivity contribution in [2.24, 2.45) is 0 Å². The van der Waals surface area contributed by atoms with E-state index in [2.05, 4.69) is 5.32 Å². The predicted molar refractivity (Wildman–Crippen MR) is 76.1 cm³/mol. The molecule has 0 fully saturated rings. The molecule has 1 heterocycles. The van der Waals surface area contributed by atoms with Crippen LogP contribution in [-0.2, 0) is 0 Å². The normalized spacial score (nSPS) is 15.7. The molecule has 1 N–H and O–H groups in total. The van der Waals surface area contributed by atoms with Crippen molar-refractivity contribution in [1.82, 2.24) is 0 Å². The number of para-hydroxylation sites is 1. The Bertz CT molecular complexity index is 752. The highest BCUT2D eigenvalue weighted by Crippen LogP contribution is 2.34. The quantitative estimate of drug-likeness (QED) is 0.690. The van der Waals surface area contributed by atoms with E-state index in [0.29, 0.717) is 12.3 Å². The molecule has 1 aliphatic rings. The van der Waals surface area contributed by atoms with Gasteiger partial charge in [-0.15, -0.1) is 0 Å². The van der Waals surface area contributed by atoms with Crippen molar-refractivity contribution in [1.29, 1.82) is 5.26 Å². The number of benzene rings is 2. The minimum atomic E-state index is -0.559. The van der Waals surface area contributed by atoms with Gasteiger partial charge in [-0.3, -0.25) is 10.1 Å². The van der Waals surface area contributed by atoms with Crippen molar-refractivity contribution >= 4 is 11.4 Å². The van der Waals surface area contributed by atoms with Gasteiger partial charge in [0.05, 0.1) is 11.0 Å². The fourth-order valence-electron chi connectivity index (χ4n) is 2.36. The van der Waals surface area contributed by atoms with Crippen LogP contribution in [0.4, 0.5) is 11.4 Å². The van der Waals surface area contributed by atoms with E-state index in [-0.39, 0.29) is 17.3 Å². The van der Waals surface area contributed by atoms with E-state index in [0.717, 1.165) is 11.3 Å². The fourth-order valence-corrected chi connectivity index (χ4v) is 2.36. The Hall–Kier alpha value is -3.07. The number of rotatable bonds is 3. The Morgan fingerprint density at radius 3 is 2.90 bits per heavy atom. The van der Waals surface area contributed by atoms with E-state index < -0.39 is 4.92 Å². The van der Waals surface area contributed by atoms with Crippen LogP contribution in [0.1, 0.15) is 17.2 Å². The first-order valence-corrected chi connectivity index (χ1v) is 6.36. The molecule has 0 aromatic heterocycles. The summed E-state index contributed by atoms with van der Waals surface area (Å²) in [7, 11) is 0. The summed E-state index contributed by atoms with van der Waals surface area (Å²) in [6, 6.07) is 13.9. The molecule has 6 heteroatoms. The molecule has 21 heavy (non-hydrogen) atoms. The Kier molecular flexibility index (Phi) is 3.16. The molecule has 1 atom stereocenters. The smallest absolute Gasteiger partial charge is 0.287 e. The van der Waals surface area contributed by atoms with E-state index in [9.17, 15) is 10.1 Å². The molecular formula is C15H11N3O3. The summed E-state index contributed by atoms with van der Waals surface area (Å²) in [4.78, 5) is 10.3. The minimum absolute atomic E-state index is 0.0331. The molecule has 1 unspecified atom stereocenters. The summed E-state index contributed by atoms with van der Waals surface area (Å²) in [6.07, 6.45) is 0.